The van der Waals surface area contributed by atoms with Gasteiger partial charge in [0.25, 0.3) is 0 Å². The molecule has 0 aliphatic carbocycles. The van der Waals surface area contributed by atoms with Crippen molar-refractivity contribution >= 4 is 40.3 Å². The van der Waals surface area contributed by atoms with Crippen LogP contribution in [0.2, 0.25) is 5.02 Å². The van der Waals surface area contributed by atoms with Gasteiger partial charge in [0, 0.05) is 16.8 Å². The molecule has 0 bridgehead atoms. The average molecular weight is 419 g/mol. The van der Waals surface area contributed by atoms with E-state index in [1.165, 1.54) is 6.08 Å². The van der Waals surface area contributed by atoms with Crippen LogP contribution in [0.3, 0.4) is 0 Å². The lowest BCUT2D eigenvalue weighted by Crippen LogP contribution is -2.08. The van der Waals surface area contributed by atoms with Crippen molar-refractivity contribution in [1.29, 1.82) is 0 Å². The summed E-state index contributed by atoms with van der Waals surface area (Å²) in [5.74, 6) is 0.540. The van der Waals surface area contributed by atoms with Crippen molar-refractivity contribution in [2.45, 2.75) is 6.92 Å². The Bertz CT molecular complexity index is 1230. The number of hydrogen-bond acceptors (Lipinski definition) is 4. The Morgan fingerprint density at radius 3 is 2.37 bits per heavy atom. The molecule has 0 aliphatic heterocycles. The summed E-state index contributed by atoms with van der Waals surface area (Å²) in [5, 5.41) is 12.6. The van der Waals surface area contributed by atoms with Crippen molar-refractivity contribution in [3.05, 3.63) is 82.9 Å². The number of nitrogens with zero attached hydrogens (tertiary/aromatic N) is 3. The Morgan fingerprint density at radius 2 is 1.70 bits per heavy atom. The topological polar surface area (TPSA) is 69.0 Å². The second-order valence-electron chi connectivity index (χ2n) is 6.72. The van der Waals surface area contributed by atoms with Gasteiger partial charge in [0.2, 0.25) is 5.91 Å². The molecule has 0 spiro atoms. The van der Waals surface area contributed by atoms with Crippen molar-refractivity contribution in [3.8, 4) is 11.4 Å². The van der Waals surface area contributed by atoms with Gasteiger partial charge >= 0.3 is 0 Å². The summed E-state index contributed by atoms with van der Waals surface area (Å²) < 4.78 is 5.18. The van der Waals surface area contributed by atoms with Crippen LogP contribution in [0.1, 0.15) is 11.1 Å². The molecule has 1 heterocycles. The molecule has 3 aromatic carbocycles. The minimum Gasteiger partial charge on any atom is -0.497 e. The van der Waals surface area contributed by atoms with Crippen molar-refractivity contribution in [2.24, 2.45) is 0 Å². The van der Waals surface area contributed by atoms with Crippen molar-refractivity contribution in [3.63, 3.8) is 0 Å². The number of ether oxygens (including phenoxy) is 1. The fourth-order valence-corrected chi connectivity index (χ4v) is 3.08. The molecule has 0 aliphatic rings. The third-order valence-electron chi connectivity index (χ3n) is 4.58. The van der Waals surface area contributed by atoms with Crippen LogP contribution in [0, 0.1) is 6.92 Å². The standard InChI is InChI=1S/C23H19ClN4O2/c1-15-13-21-22(27-28(26-21)18-8-10-19(30-2)11-9-18)14-20(15)25-23(29)12-5-16-3-6-17(24)7-4-16/h3-14H,1-2H3,(H,25,29)/b12-5+. The monoisotopic (exact) mass is 418 g/mol. The summed E-state index contributed by atoms with van der Waals surface area (Å²) in [4.78, 5) is 13.9. The molecule has 0 unspecified atom stereocenters. The van der Waals surface area contributed by atoms with E-state index < -0.39 is 0 Å². The molecule has 0 fully saturated rings. The highest BCUT2D eigenvalue weighted by atomic mass is 35.5. The van der Waals surface area contributed by atoms with Gasteiger partial charge in [0.05, 0.1) is 12.8 Å². The highest BCUT2D eigenvalue weighted by Gasteiger charge is 2.10. The predicted octanol–water partition coefficient (Wildman–Crippen LogP) is 5.04. The first-order valence-corrected chi connectivity index (χ1v) is 9.66. The molecule has 6 nitrogen and oxygen atoms in total. The van der Waals surface area contributed by atoms with E-state index in [2.05, 4.69) is 15.5 Å². The van der Waals surface area contributed by atoms with Gasteiger partial charge in [-0.15, -0.1) is 10.2 Å². The highest BCUT2D eigenvalue weighted by Crippen LogP contribution is 2.23. The van der Waals surface area contributed by atoms with Crippen molar-refractivity contribution in [1.82, 2.24) is 15.0 Å². The quantitative estimate of drug-likeness (QED) is 0.461. The van der Waals surface area contributed by atoms with Crippen LogP contribution in [0.25, 0.3) is 22.8 Å². The van der Waals surface area contributed by atoms with E-state index in [0.29, 0.717) is 16.2 Å². The third kappa shape index (κ3) is 4.34. The molecule has 0 saturated heterocycles. The maximum atomic E-state index is 12.4. The van der Waals surface area contributed by atoms with Crippen LogP contribution in [0.4, 0.5) is 5.69 Å². The number of anilines is 1. The minimum atomic E-state index is -0.227. The number of aromatic nitrogens is 3. The molecule has 1 amide bonds. The summed E-state index contributed by atoms with van der Waals surface area (Å²) in [6.45, 7) is 1.92. The lowest BCUT2D eigenvalue weighted by atomic mass is 10.1. The van der Waals surface area contributed by atoms with Crippen LogP contribution < -0.4 is 10.1 Å². The molecular formula is C23H19ClN4O2. The third-order valence-corrected chi connectivity index (χ3v) is 4.84. The van der Waals surface area contributed by atoms with Gasteiger partial charge in [-0.25, -0.2) is 0 Å². The Labute approximate surface area is 178 Å². The number of halogens is 1. The molecule has 7 heteroatoms. The van der Waals surface area contributed by atoms with Gasteiger partial charge in [0.15, 0.2) is 0 Å². The highest BCUT2D eigenvalue weighted by molar-refractivity contribution is 6.30. The van der Waals surface area contributed by atoms with E-state index in [9.17, 15) is 4.79 Å². The van der Waals surface area contributed by atoms with Crippen LogP contribution in [0.5, 0.6) is 5.75 Å². The van der Waals surface area contributed by atoms with Crippen LogP contribution in [0.15, 0.2) is 66.7 Å². The first-order chi connectivity index (χ1) is 14.5. The normalized spacial score (nSPS) is 11.2. The molecule has 0 radical (unpaired) electrons. The number of benzene rings is 3. The number of carbonyl (C=O) groups excluding carboxylic acids is 1. The first-order valence-electron chi connectivity index (χ1n) is 9.28. The van der Waals surface area contributed by atoms with E-state index in [-0.39, 0.29) is 5.91 Å². The number of rotatable bonds is 5. The van der Waals surface area contributed by atoms with Gasteiger partial charge in [0.1, 0.15) is 16.8 Å². The van der Waals surface area contributed by atoms with Crippen LogP contribution >= 0.6 is 11.6 Å². The number of nitrogens with one attached hydrogen (secondary N) is 1. The summed E-state index contributed by atoms with van der Waals surface area (Å²) >= 11 is 5.88. The van der Waals surface area contributed by atoms with Crippen molar-refractivity contribution < 1.29 is 9.53 Å². The number of hydrogen-bond donors (Lipinski definition) is 1. The lowest BCUT2D eigenvalue weighted by molar-refractivity contribution is -0.111. The fourth-order valence-electron chi connectivity index (χ4n) is 2.95. The molecule has 4 rings (SSSR count). The zero-order valence-corrected chi connectivity index (χ0v) is 17.2. The SMILES string of the molecule is COc1ccc(-n2nc3cc(C)c(NC(=O)/C=C/c4ccc(Cl)cc4)cc3n2)cc1. The number of aryl methyl sites for hydroxylation is 1. The second-order valence-corrected chi connectivity index (χ2v) is 7.15. The maximum absolute atomic E-state index is 12.4. The van der Waals surface area contributed by atoms with E-state index in [4.69, 9.17) is 16.3 Å². The molecule has 1 N–H and O–H groups in total. The molecule has 150 valence electrons. The number of fused-ring (bicyclic) bond motifs is 1. The zero-order valence-electron chi connectivity index (χ0n) is 16.5. The average Bonchev–Trinajstić information content (AvgIpc) is 3.16. The first kappa shape index (κ1) is 19.7. The van der Waals surface area contributed by atoms with Crippen LogP contribution in [-0.2, 0) is 4.79 Å². The van der Waals surface area contributed by atoms with E-state index in [1.54, 1.807) is 30.1 Å². The summed E-state index contributed by atoms with van der Waals surface area (Å²) in [6.07, 6.45) is 3.22. The Hall–Kier alpha value is -3.64. The van der Waals surface area contributed by atoms with E-state index in [1.807, 2.05) is 55.5 Å². The van der Waals surface area contributed by atoms with E-state index >= 15 is 0 Å². The predicted molar refractivity (Wildman–Crippen MR) is 119 cm³/mol. The lowest BCUT2D eigenvalue weighted by Gasteiger charge is -2.05. The Kier molecular flexibility index (Phi) is 5.50. The van der Waals surface area contributed by atoms with Crippen LogP contribution in [-0.4, -0.2) is 28.0 Å². The molecule has 4 aromatic rings. The summed E-state index contributed by atoms with van der Waals surface area (Å²) in [5.41, 5.74) is 4.74. The number of carbonyl (C=O) groups is 1. The van der Waals surface area contributed by atoms with Gasteiger partial charge in [-0.1, -0.05) is 23.7 Å². The number of methoxy groups -OCH3 is 1. The van der Waals surface area contributed by atoms with Crippen molar-refractivity contribution in [2.75, 3.05) is 12.4 Å². The molecule has 0 atom stereocenters. The second kappa shape index (κ2) is 8.39. The zero-order chi connectivity index (χ0) is 21.1. The molecule has 1 aromatic heterocycles. The molecule has 0 saturated carbocycles. The number of amides is 1. The Balaban J connectivity index is 1.54. The summed E-state index contributed by atoms with van der Waals surface area (Å²) in [7, 11) is 1.62. The fraction of sp³-hybridized carbons (Fsp3) is 0.0870. The largest absolute Gasteiger partial charge is 0.497 e. The smallest absolute Gasteiger partial charge is 0.248 e. The van der Waals surface area contributed by atoms with Gasteiger partial charge in [-0.2, -0.15) is 4.80 Å². The summed E-state index contributed by atoms with van der Waals surface area (Å²) in [6, 6.07) is 18.5. The van der Waals surface area contributed by atoms with Gasteiger partial charge in [-0.05, 0) is 72.7 Å². The maximum Gasteiger partial charge on any atom is 0.248 e. The molecular weight excluding hydrogens is 400 g/mol. The Morgan fingerprint density at radius 1 is 1.03 bits per heavy atom. The minimum absolute atomic E-state index is 0.227. The van der Waals surface area contributed by atoms with E-state index in [0.717, 1.165) is 28.1 Å². The van der Waals surface area contributed by atoms with Gasteiger partial charge in [-0.3, -0.25) is 4.79 Å². The molecule has 30 heavy (non-hydrogen) atoms. The van der Waals surface area contributed by atoms with Gasteiger partial charge < -0.3 is 10.1 Å².